The molecule has 2 N–H and O–H groups in total. The molecule has 106 valence electrons. The third-order valence-electron chi connectivity index (χ3n) is 2.61. The van der Waals surface area contributed by atoms with Crippen LogP contribution in [0.1, 0.15) is 10.5 Å². The summed E-state index contributed by atoms with van der Waals surface area (Å²) in [6.45, 7) is 0. The lowest BCUT2D eigenvalue weighted by atomic mass is 10.3. The van der Waals surface area contributed by atoms with Crippen molar-refractivity contribution in [3.8, 4) is 0 Å². The summed E-state index contributed by atoms with van der Waals surface area (Å²) in [6, 6.07) is 7.71. The molecule has 0 saturated carbocycles. The number of carbonyl (C=O) groups is 1. The highest BCUT2D eigenvalue weighted by Crippen LogP contribution is 2.20. The molecule has 0 aliphatic rings. The summed E-state index contributed by atoms with van der Waals surface area (Å²) in [5.41, 5.74) is 0.301. The Kier molecular flexibility index (Phi) is 3.87. The monoisotopic (exact) mass is 358 g/mol. The number of aromatic nitrogens is 1. The largest absolute Gasteiger partial charge is 0.477 e. The first-order valence-electron chi connectivity index (χ1n) is 5.47. The van der Waals surface area contributed by atoms with Gasteiger partial charge in [0.25, 0.3) is 10.0 Å². The van der Waals surface area contributed by atoms with Gasteiger partial charge >= 0.3 is 5.97 Å². The third kappa shape index (κ3) is 3.02. The lowest BCUT2D eigenvalue weighted by Crippen LogP contribution is -2.12. The summed E-state index contributed by atoms with van der Waals surface area (Å²) in [6.07, 6.45) is 1.25. The molecule has 0 saturated heterocycles. The quantitative estimate of drug-likeness (QED) is 0.877. The number of nitrogens with zero attached hydrogens (tertiary/aromatic N) is 1. The van der Waals surface area contributed by atoms with Crippen molar-refractivity contribution in [1.29, 1.82) is 0 Å². The van der Waals surface area contributed by atoms with Gasteiger partial charge in [0.05, 0.1) is 0 Å². The van der Waals surface area contributed by atoms with Gasteiger partial charge in [0.15, 0.2) is 0 Å². The second kappa shape index (κ2) is 5.29. The van der Waals surface area contributed by atoms with Gasteiger partial charge in [-0.2, -0.15) is 0 Å². The van der Waals surface area contributed by atoms with E-state index in [9.17, 15) is 13.2 Å². The Labute approximate surface area is 124 Å². The summed E-state index contributed by atoms with van der Waals surface area (Å²) in [5, 5.41) is 8.92. The zero-order valence-electron chi connectivity index (χ0n) is 10.4. The van der Waals surface area contributed by atoms with Crippen molar-refractivity contribution in [2.75, 3.05) is 4.72 Å². The van der Waals surface area contributed by atoms with Crippen molar-refractivity contribution in [2.24, 2.45) is 7.05 Å². The predicted octanol–water partition coefficient (Wildman–Crippen LogP) is 2.29. The molecular formula is C12H11BrN2O4S. The van der Waals surface area contributed by atoms with Gasteiger partial charge in [0, 0.05) is 23.4 Å². The van der Waals surface area contributed by atoms with Crippen LogP contribution in [0.3, 0.4) is 0 Å². The zero-order valence-corrected chi connectivity index (χ0v) is 12.8. The van der Waals surface area contributed by atoms with Crippen LogP contribution in [-0.4, -0.2) is 24.1 Å². The van der Waals surface area contributed by atoms with Crippen LogP contribution in [0.25, 0.3) is 0 Å². The van der Waals surface area contributed by atoms with Crippen LogP contribution in [0.4, 0.5) is 5.69 Å². The molecule has 0 radical (unpaired) electrons. The Morgan fingerprint density at radius 1 is 1.30 bits per heavy atom. The van der Waals surface area contributed by atoms with Gasteiger partial charge in [-0.05, 0) is 30.3 Å². The summed E-state index contributed by atoms with van der Waals surface area (Å²) in [7, 11) is -2.34. The first kappa shape index (κ1) is 14.6. The predicted molar refractivity (Wildman–Crippen MR) is 77.3 cm³/mol. The van der Waals surface area contributed by atoms with Gasteiger partial charge in [0.1, 0.15) is 10.6 Å². The van der Waals surface area contributed by atoms with Gasteiger partial charge in [-0.15, -0.1) is 0 Å². The van der Waals surface area contributed by atoms with E-state index in [2.05, 4.69) is 20.7 Å². The molecule has 1 heterocycles. The van der Waals surface area contributed by atoms with Crippen molar-refractivity contribution < 1.29 is 18.3 Å². The van der Waals surface area contributed by atoms with Crippen LogP contribution in [0, 0.1) is 0 Å². The molecule has 0 aliphatic carbocycles. The number of hydrogen-bond donors (Lipinski definition) is 2. The standard InChI is InChI=1S/C12H11BrN2O4S/c1-15-7-10(6-11(15)12(16)17)20(18,19)14-9-4-2-8(13)3-5-9/h2-7,14H,1H3,(H,16,17). The van der Waals surface area contributed by atoms with Gasteiger partial charge in [-0.25, -0.2) is 13.2 Å². The number of carboxylic acids is 1. The topological polar surface area (TPSA) is 88.4 Å². The van der Waals surface area contributed by atoms with Gasteiger partial charge in [-0.3, -0.25) is 4.72 Å². The average molecular weight is 359 g/mol. The van der Waals surface area contributed by atoms with E-state index in [4.69, 9.17) is 5.11 Å². The molecule has 0 aliphatic heterocycles. The van der Waals surface area contributed by atoms with Crippen molar-refractivity contribution in [2.45, 2.75) is 4.90 Å². The minimum atomic E-state index is -3.81. The summed E-state index contributed by atoms with van der Waals surface area (Å²) >= 11 is 3.25. The maximum Gasteiger partial charge on any atom is 0.352 e. The number of nitrogens with one attached hydrogen (secondary N) is 1. The lowest BCUT2D eigenvalue weighted by Gasteiger charge is -2.06. The molecule has 0 unspecified atom stereocenters. The fourth-order valence-electron chi connectivity index (χ4n) is 1.63. The van der Waals surface area contributed by atoms with Crippen LogP contribution in [0.15, 0.2) is 45.9 Å². The van der Waals surface area contributed by atoms with Crippen molar-refractivity contribution >= 4 is 37.6 Å². The number of aryl methyl sites for hydroxylation is 1. The minimum absolute atomic E-state index is 0.0961. The molecule has 2 aromatic rings. The molecule has 1 aromatic carbocycles. The highest BCUT2D eigenvalue weighted by molar-refractivity contribution is 9.10. The fourth-order valence-corrected chi connectivity index (χ4v) is 3.02. The van der Waals surface area contributed by atoms with Crippen LogP contribution in [0.5, 0.6) is 0 Å². The van der Waals surface area contributed by atoms with Crippen molar-refractivity contribution in [3.63, 3.8) is 0 Å². The Morgan fingerprint density at radius 3 is 2.40 bits per heavy atom. The third-order valence-corrected chi connectivity index (χ3v) is 4.48. The maximum absolute atomic E-state index is 12.1. The Balaban J connectivity index is 2.33. The number of benzene rings is 1. The minimum Gasteiger partial charge on any atom is -0.477 e. The normalized spacial score (nSPS) is 11.3. The maximum atomic E-state index is 12.1. The van der Waals surface area contributed by atoms with Crippen LogP contribution >= 0.6 is 15.9 Å². The Morgan fingerprint density at radius 2 is 1.90 bits per heavy atom. The smallest absolute Gasteiger partial charge is 0.352 e. The molecule has 0 spiro atoms. The van der Waals surface area contributed by atoms with E-state index in [0.717, 1.165) is 10.5 Å². The highest BCUT2D eigenvalue weighted by atomic mass is 79.9. The molecule has 0 fully saturated rings. The number of anilines is 1. The molecule has 0 atom stereocenters. The van der Waals surface area contributed by atoms with E-state index < -0.39 is 16.0 Å². The Hall–Kier alpha value is -1.80. The molecule has 0 bridgehead atoms. The number of sulfonamides is 1. The van der Waals surface area contributed by atoms with E-state index in [1.54, 1.807) is 24.3 Å². The van der Waals surface area contributed by atoms with Crippen LogP contribution in [0.2, 0.25) is 0 Å². The molecule has 20 heavy (non-hydrogen) atoms. The van der Waals surface area contributed by atoms with Gasteiger partial charge in [-0.1, -0.05) is 15.9 Å². The second-order valence-corrected chi connectivity index (χ2v) is 6.69. The average Bonchev–Trinajstić information content (AvgIpc) is 2.75. The summed E-state index contributed by atoms with van der Waals surface area (Å²) < 4.78 is 28.8. The van der Waals surface area contributed by atoms with Crippen molar-refractivity contribution in [3.05, 3.63) is 46.7 Å². The summed E-state index contributed by atoms with van der Waals surface area (Å²) in [5.74, 6) is -1.18. The van der Waals surface area contributed by atoms with E-state index in [-0.39, 0.29) is 10.6 Å². The van der Waals surface area contributed by atoms with E-state index in [1.165, 1.54) is 17.8 Å². The van der Waals surface area contributed by atoms with Crippen LogP contribution < -0.4 is 4.72 Å². The fraction of sp³-hybridized carbons (Fsp3) is 0.0833. The number of halogens is 1. The lowest BCUT2D eigenvalue weighted by molar-refractivity contribution is 0.0686. The molecule has 1 aromatic heterocycles. The number of hydrogen-bond acceptors (Lipinski definition) is 3. The van der Waals surface area contributed by atoms with Gasteiger partial charge in [0.2, 0.25) is 0 Å². The van der Waals surface area contributed by atoms with E-state index in [0.29, 0.717) is 5.69 Å². The molecule has 6 nitrogen and oxygen atoms in total. The first-order chi connectivity index (χ1) is 9.29. The Bertz CT molecular complexity index is 750. The molecule has 2 rings (SSSR count). The first-order valence-corrected chi connectivity index (χ1v) is 7.75. The number of carboxylic acid groups (broad SMARTS) is 1. The molecular weight excluding hydrogens is 348 g/mol. The summed E-state index contributed by atoms with van der Waals surface area (Å²) in [4.78, 5) is 10.8. The number of aromatic carboxylic acids is 1. The molecule has 0 amide bonds. The highest BCUT2D eigenvalue weighted by Gasteiger charge is 2.20. The van der Waals surface area contributed by atoms with Crippen LogP contribution in [-0.2, 0) is 17.1 Å². The molecule has 8 heteroatoms. The van der Waals surface area contributed by atoms with Gasteiger partial charge < -0.3 is 9.67 Å². The van der Waals surface area contributed by atoms with E-state index >= 15 is 0 Å². The zero-order chi connectivity index (χ0) is 14.9. The van der Waals surface area contributed by atoms with E-state index in [1.807, 2.05) is 0 Å². The SMILES string of the molecule is Cn1cc(S(=O)(=O)Nc2ccc(Br)cc2)cc1C(=O)O. The van der Waals surface area contributed by atoms with Crippen molar-refractivity contribution in [1.82, 2.24) is 4.57 Å². The second-order valence-electron chi connectivity index (χ2n) is 4.09. The number of rotatable bonds is 4.